The fourth-order valence-corrected chi connectivity index (χ4v) is 1.43. The largest absolute Gasteiger partial charge is 0.338 e. The molecule has 0 saturated heterocycles. The van der Waals surface area contributed by atoms with Gasteiger partial charge in [-0.2, -0.15) is 5.10 Å². The lowest BCUT2D eigenvalue weighted by Crippen LogP contribution is -1.80. The van der Waals surface area contributed by atoms with Gasteiger partial charge in [0.1, 0.15) is 5.65 Å². The minimum atomic E-state index is 0.913. The Bertz CT molecular complexity index is 532. The lowest BCUT2D eigenvalue weighted by Gasteiger charge is -1.86. The van der Waals surface area contributed by atoms with Crippen LogP contribution in [0.3, 0.4) is 0 Å². The monoisotopic (exact) mass is 156 g/mol. The third kappa shape index (κ3) is 0.580. The molecule has 0 bridgehead atoms. The summed E-state index contributed by atoms with van der Waals surface area (Å²) in [7, 11) is 0. The standard InChI is InChI=1S/C9H6N3/c1-2-4-8-7(3-1)11-9-5-6-10-12(8)9/h1-4,6,11H. The predicted molar refractivity (Wildman–Crippen MR) is 45.9 cm³/mol. The zero-order valence-electron chi connectivity index (χ0n) is 6.28. The summed E-state index contributed by atoms with van der Waals surface area (Å²) in [6, 6.07) is 11.1. The van der Waals surface area contributed by atoms with Crippen LogP contribution < -0.4 is 0 Å². The SMILES string of the molecule is [c]1cnn2c1[nH]c1ccccc12. The van der Waals surface area contributed by atoms with Gasteiger partial charge in [-0.25, -0.2) is 4.52 Å². The number of H-pyrrole nitrogens is 1. The number of benzene rings is 1. The molecule has 12 heavy (non-hydrogen) atoms. The van der Waals surface area contributed by atoms with Gasteiger partial charge in [0.25, 0.3) is 0 Å². The summed E-state index contributed by atoms with van der Waals surface area (Å²) in [5, 5.41) is 4.14. The van der Waals surface area contributed by atoms with Gasteiger partial charge in [0.05, 0.1) is 17.2 Å². The molecule has 0 aliphatic carbocycles. The highest BCUT2D eigenvalue weighted by Gasteiger charge is 2.01. The maximum Gasteiger partial charge on any atom is 0.142 e. The van der Waals surface area contributed by atoms with Gasteiger partial charge in [0.2, 0.25) is 0 Å². The first-order chi connectivity index (χ1) is 5.95. The van der Waals surface area contributed by atoms with E-state index in [-0.39, 0.29) is 0 Å². The molecule has 0 saturated carbocycles. The van der Waals surface area contributed by atoms with Crippen LogP contribution in [-0.2, 0) is 0 Å². The number of aromatic amines is 1. The number of rotatable bonds is 0. The van der Waals surface area contributed by atoms with Crippen LogP contribution in [0.15, 0.2) is 30.5 Å². The smallest absolute Gasteiger partial charge is 0.142 e. The predicted octanol–water partition coefficient (Wildman–Crippen LogP) is 1.62. The molecule has 2 heterocycles. The van der Waals surface area contributed by atoms with Crippen LogP contribution in [0.25, 0.3) is 16.7 Å². The van der Waals surface area contributed by atoms with Gasteiger partial charge < -0.3 is 4.98 Å². The average Bonchev–Trinajstić information content (AvgIpc) is 2.62. The first-order valence-corrected chi connectivity index (χ1v) is 3.77. The third-order valence-electron chi connectivity index (χ3n) is 1.97. The summed E-state index contributed by atoms with van der Waals surface area (Å²) in [5.41, 5.74) is 3.10. The van der Waals surface area contributed by atoms with E-state index in [1.807, 2.05) is 28.8 Å². The minimum Gasteiger partial charge on any atom is -0.338 e. The van der Waals surface area contributed by atoms with Crippen molar-refractivity contribution in [2.45, 2.75) is 0 Å². The van der Waals surface area contributed by atoms with Gasteiger partial charge in [0, 0.05) is 6.07 Å². The van der Waals surface area contributed by atoms with Crippen LogP contribution in [0.2, 0.25) is 0 Å². The van der Waals surface area contributed by atoms with Crippen molar-refractivity contribution in [2.24, 2.45) is 0 Å². The molecule has 1 aromatic carbocycles. The summed E-state index contributed by atoms with van der Waals surface area (Å²) >= 11 is 0. The second kappa shape index (κ2) is 1.88. The highest BCUT2D eigenvalue weighted by atomic mass is 15.3. The maximum atomic E-state index is 4.14. The number of fused-ring (bicyclic) bond motifs is 3. The molecule has 1 radical (unpaired) electrons. The topological polar surface area (TPSA) is 33.1 Å². The van der Waals surface area contributed by atoms with Crippen molar-refractivity contribution in [1.82, 2.24) is 14.6 Å². The van der Waals surface area contributed by atoms with Crippen molar-refractivity contribution >= 4 is 16.7 Å². The second-order valence-electron chi connectivity index (χ2n) is 2.69. The fourth-order valence-electron chi connectivity index (χ4n) is 1.43. The molecule has 3 aromatic rings. The number of nitrogens with zero attached hydrogens (tertiary/aromatic N) is 2. The van der Waals surface area contributed by atoms with Crippen molar-refractivity contribution in [1.29, 1.82) is 0 Å². The van der Waals surface area contributed by atoms with E-state index in [0.717, 1.165) is 16.7 Å². The van der Waals surface area contributed by atoms with Gasteiger partial charge in [-0.05, 0) is 12.1 Å². The zero-order chi connectivity index (χ0) is 7.97. The van der Waals surface area contributed by atoms with E-state index in [9.17, 15) is 0 Å². The van der Waals surface area contributed by atoms with Crippen molar-refractivity contribution in [3.8, 4) is 0 Å². The second-order valence-corrected chi connectivity index (χ2v) is 2.69. The lowest BCUT2D eigenvalue weighted by molar-refractivity contribution is 1.01. The molecule has 3 heteroatoms. The molecule has 0 aliphatic heterocycles. The van der Waals surface area contributed by atoms with Gasteiger partial charge >= 0.3 is 0 Å². The number of aromatic nitrogens is 3. The third-order valence-corrected chi connectivity index (χ3v) is 1.97. The molecular formula is C9H6N3. The molecule has 0 spiro atoms. The molecule has 2 aromatic heterocycles. The maximum absolute atomic E-state index is 4.14. The number of hydrogen-bond donors (Lipinski definition) is 1. The molecule has 3 nitrogen and oxygen atoms in total. The Hall–Kier alpha value is -1.77. The Morgan fingerprint density at radius 2 is 2.25 bits per heavy atom. The Morgan fingerprint density at radius 3 is 3.25 bits per heavy atom. The Morgan fingerprint density at radius 1 is 1.33 bits per heavy atom. The highest BCUT2D eigenvalue weighted by Crippen LogP contribution is 2.13. The Labute approximate surface area is 68.6 Å². The highest BCUT2D eigenvalue weighted by molar-refractivity contribution is 5.79. The summed E-state index contributed by atoms with van der Waals surface area (Å²) in [6.07, 6.45) is 1.66. The molecule has 0 atom stereocenters. The summed E-state index contributed by atoms with van der Waals surface area (Å²) in [4.78, 5) is 3.20. The minimum absolute atomic E-state index is 0.913. The Balaban J connectivity index is 2.68. The molecule has 1 N–H and O–H groups in total. The van der Waals surface area contributed by atoms with Crippen LogP contribution >= 0.6 is 0 Å². The number of nitrogens with one attached hydrogen (secondary N) is 1. The van der Waals surface area contributed by atoms with E-state index < -0.39 is 0 Å². The van der Waals surface area contributed by atoms with E-state index >= 15 is 0 Å². The van der Waals surface area contributed by atoms with Crippen molar-refractivity contribution < 1.29 is 0 Å². The molecule has 57 valence electrons. The van der Waals surface area contributed by atoms with Gasteiger partial charge in [-0.3, -0.25) is 0 Å². The van der Waals surface area contributed by atoms with E-state index in [1.165, 1.54) is 0 Å². The molecular weight excluding hydrogens is 150 g/mol. The fraction of sp³-hybridized carbons (Fsp3) is 0. The van der Waals surface area contributed by atoms with Crippen LogP contribution in [0.5, 0.6) is 0 Å². The molecule has 0 fully saturated rings. The first kappa shape index (κ1) is 5.83. The first-order valence-electron chi connectivity index (χ1n) is 3.77. The van der Waals surface area contributed by atoms with E-state index in [1.54, 1.807) is 6.20 Å². The lowest BCUT2D eigenvalue weighted by atomic mass is 10.3. The van der Waals surface area contributed by atoms with Gasteiger partial charge in [-0.1, -0.05) is 12.1 Å². The summed E-state index contributed by atoms with van der Waals surface area (Å²) < 4.78 is 1.84. The van der Waals surface area contributed by atoms with Gasteiger partial charge in [-0.15, -0.1) is 0 Å². The Kier molecular flexibility index (Phi) is 0.913. The van der Waals surface area contributed by atoms with E-state index in [4.69, 9.17) is 0 Å². The molecule has 0 aliphatic rings. The zero-order valence-corrected chi connectivity index (χ0v) is 6.28. The van der Waals surface area contributed by atoms with Crippen molar-refractivity contribution in [3.63, 3.8) is 0 Å². The number of hydrogen-bond acceptors (Lipinski definition) is 1. The number of para-hydroxylation sites is 2. The molecule has 0 unspecified atom stereocenters. The van der Waals surface area contributed by atoms with Crippen LogP contribution in [0.1, 0.15) is 0 Å². The summed E-state index contributed by atoms with van der Waals surface area (Å²) in [6.45, 7) is 0. The molecule has 0 amide bonds. The van der Waals surface area contributed by atoms with Gasteiger partial charge in [0.15, 0.2) is 0 Å². The van der Waals surface area contributed by atoms with Crippen molar-refractivity contribution in [2.75, 3.05) is 0 Å². The van der Waals surface area contributed by atoms with Crippen molar-refractivity contribution in [3.05, 3.63) is 36.5 Å². The summed E-state index contributed by atoms with van der Waals surface area (Å²) in [5.74, 6) is 0. The van der Waals surface area contributed by atoms with Crippen LogP contribution in [0, 0.1) is 6.07 Å². The average molecular weight is 156 g/mol. The van der Waals surface area contributed by atoms with E-state index in [0.29, 0.717) is 0 Å². The normalized spacial score (nSPS) is 11.3. The quantitative estimate of drug-likeness (QED) is 0.527. The molecule has 3 rings (SSSR count). The number of imidazole rings is 1. The van der Waals surface area contributed by atoms with E-state index in [2.05, 4.69) is 16.1 Å². The van der Waals surface area contributed by atoms with Crippen LogP contribution in [-0.4, -0.2) is 14.6 Å². The van der Waals surface area contributed by atoms with Crippen LogP contribution in [0.4, 0.5) is 0 Å².